The number of nitrogens with zero attached hydrogens (tertiary/aromatic N) is 1. The quantitative estimate of drug-likeness (QED) is 0.814. The summed E-state index contributed by atoms with van der Waals surface area (Å²) >= 11 is 5.90. The summed E-state index contributed by atoms with van der Waals surface area (Å²) < 4.78 is 0. The van der Waals surface area contributed by atoms with Gasteiger partial charge < -0.3 is 5.73 Å². The highest BCUT2D eigenvalue weighted by Crippen LogP contribution is 2.36. The maximum Gasteiger partial charge on any atom is 0.0537 e. The standard InChI is InChI=1S/C13H14ClN3/c14-10-3-1-8(2-4-10)9-5-12(15)11-7-16-17-13(11)6-9/h1-4,7,9,12H,5-6,15H2,(H,16,17). The average Bonchev–Trinajstić information content (AvgIpc) is 2.78. The summed E-state index contributed by atoms with van der Waals surface area (Å²) in [6, 6.07) is 8.12. The molecular formula is C13H14ClN3. The number of rotatable bonds is 1. The summed E-state index contributed by atoms with van der Waals surface area (Å²) in [6.07, 6.45) is 3.79. The maximum absolute atomic E-state index is 6.16. The van der Waals surface area contributed by atoms with Crippen molar-refractivity contribution in [2.45, 2.75) is 24.8 Å². The minimum atomic E-state index is 0.0816. The van der Waals surface area contributed by atoms with Crippen LogP contribution in [0.3, 0.4) is 0 Å². The fourth-order valence-electron chi connectivity index (χ4n) is 2.56. The summed E-state index contributed by atoms with van der Waals surface area (Å²) in [4.78, 5) is 0. The molecule has 1 aromatic heterocycles. The molecule has 0 aliphatic heterocycles. The van der Waals surface area contributed by atoms with E-state index in [9.17, 15) is 0 Å². The lowest BCUT2D eigenvalue weighted by Gasteiger charge is -2.26. The second-order valence-electron chi connectivity index (χ2n) is 4.60. The van der Waals surface area contributed by atoms with Crippen molar-refractivity contribution >= 4 is 11.6 Å². The first-order valence-electron chi connectivity index (χ1n) is 5.77. The Bertz CT molecular complexity index is 518. The second-order valence-corrected chi connectivity index (χ2v) is 5.04. The minimum absolute atomic E-state index is 0.0816. The molecule has 0 spiro atoms. The van der Waals surface area contributed by atoms with Crippen LogP contribution in [-0.4, -0.2) is 10.2 Å². The number of aromatic amines is 1. The Morgan fingerprint density at radius 1 is 1.29 bits per heavy atom. The van der Waals surface area contributed by atoms with E-state index >= 15 is 0 Å². The number of aromatic nitrogens is 2. The highest BCUT2D eigenvalue weighted by Gasteiger charge is 2.26. The molecule has 2 atom stereocenters. The second kappa shape index (κ2) is 4.17. The molecule has 0 amide bonds. The van der Waals surface area contributed by atoms with Crippen molar-refractivity contribution in [2.75, 3.05) is 0 Å². The Kier molecular flexibility index (Phi) is 2.65. The highest BCUT2D eigenvalue weighted by atomic mass is 35.5. The van der Waals surface area contributed by atoms with Gasteiger partial charge in [-0.15, -0.1) is 0 Å². The van der Waals surface area contributed by atoms with Crippen molar-refractivity contribution in [1.82, 2.24) is 10.2 Å². The Balaban J connectivity index is 1.90. The fourth-order valence-corrected chi connectivity index (χ4v) is 2.68. The number of hydrogen-bond acceptors (Lipinski definition) is 2. The summed E-state index contributed by atoms with van der Waals surface area (Å²) in [7, 11) is 0. The third kappa shape index (κ3) is 1.96. The van der Waals surface area contributed by atoms with Gasteiger partial charge in [0, 0.05) is 22.3 Å². The zero-order valence-electron chi connectivity index (χ0n) is 9.36. The van der Waals surface area contributed by atoms with Crippen LogP contribution in [0, 0.1) is 0 Å². The lowest BCUT2D eigenvalue weighted by molar-refractivity contribution is 0.499. The van der Waals surface area contributed by atoms with Crippen LogP contribution in [0.5, 0.6) is 0 Å². The van der Waals surface area contributed by atoms with Crippen molar-refractivity contribution in [3.05, 3.63) is 52.3 Å². The van der Waals surface area contributed by atoms with Crippen molar-refractivity contribution in [1.29, 1.82) is 0 Å². The zero-order valence-corrected chi connectivity index (χ0v) is 10.1. The van der Waals surface area contributed by atoms with Gasteiger partial charge in [-0.05, 0) is 36.5 Å². The molecule has 3 N–H and O–H groups in total. The molecule has 0 saturated carbocycles. The number of benzene rings is 1. The largest absolute Gasteiger partial charge is 0.324 e. The van der Waals surface area contributed by atoms with Gasteiger partial charge in [-0.2, -0.15) is 5.10 Å². The van der Waals surface area contributed by atoms with Crippen molar-refractivity contribution in [2.24, 2.45) is 5.73 Å². The first-order valence-corrected chi connectivity index (χ1v) is 6.15. The molecule has 0 saturated heterocycles. The number of H-pyrrole nitrogens is 1. The molecule has 0 bridgehead atoms. The van der Waals surface area contributed by atoms with Crippen molar-refractivity contribution < 1.29 is 0 Å². The van der Waals surface area contributed by atoms with Gasteiger partial charge in [0.25, 0.3) is 0 Å². The lowest BCUT2D eigenvalue weighted by atomic mass is 9.81. The third-order valence-corrected chi connectivity index (χ3v) is 3.73. The molecule has 2 unspecified atom stereocenters. The van der Waals surface area contributed by atoms with E-state index in [0.717, 1.165) is 23.4 Å². The molecule has 1 aliphatic carbocycles. The van der Waals surface area contributed by atoms with E-state index in [2.05, 4.69) is 22.3 Å². The summed E-state index contributed by atoms with van der Waals surface area (Å²) in [5.74, 6) is 0.454. The van der Waals surface area contributed by atoms with Gasteiger partial charge in [-0.25, -0.2) is 0 Å². The molecule has 2 aromatic rings. The first-order chi connectivity index (χ1) is 8.24. The molecule has 0 fully saturated rings. The lowest BCUT2D eigenvalue weighted by Crippen LogP contribution is -2.22. The van der Waals surface area contributed by atoms with E-state index in [1.54, 1.807) is 0 Å². The SMILES string of the molecule is NC1CC(c2ccc(Cl)cc2)Cc2[nH]ncc21. The van der Waals surface area contributed by atoms with Gasteiger partial charge in [-0.1, -0.05) is 23.7 Å². The van der Waals surface area contributed by atoms with E-state index in [1.165, 1.54) is 11.3 Å². The molecule has 4 heteroatoms. The molecule has 17 heavy (non-hydrogen) atoms. The van der Waals surface area contributed by atoms with E-state index in [1.807, 2.05) is 18.3 Å². The number of nitrogens with one attached hydrogen (secondary N) is 1. The Morgan fingerprint density at radius 3 is 2.82 bits per heavy atom. The number of hydrogen-bond donors (Lipinski definition) is 2. The highest BCUT2D eigenvalue weighted by molar-refractivity contribution is 6.30. The molecule has 88 valence electrons. The smallest absolute Gasteiger partial charge is 0.0537 e. The van der Waals surface area contributed by atoms with Gasteiger partial charge in [0.05, 0.1) is 6.20 Å². The van der Waals surface area contributed by atoms with Crippen LogP contribution in [0.1, 0.15) is 35.2 Å². The Labute approximate surface area is 105 Å². The van der Waals surface area contributed by atoms with E-state index in [0.29, 0.717) is 5.92 Å². The van der Waals surface area contributed by atoms with Crippen LogP contribution < -0.4 is 5.73 Å². The van der Waals surface area contributed by atoms with Crippen LogP contribution in [0.4, 0.5) is 0 Å². The van der Waals surface area contributed by atoms with Crippen LogP contribution in [0.2, 0.25) is 5.02 Å². The van der Waals surface area contributed by atoms with Crippen LogP contribution in [0.15, 0.2) is 30.5 Å². The summed E-state index contributed by atoms with van der Waals surface area (Å²) in [5.41, 5.74) is 9.79. The topological polar surface area (TPSA) is 54.7 Å². The summed E-state index contributed by atoms with van der Waals surface area (Å²) in [6.45, 7) is 0. The van der Waals surface area contributed by atoms with Gasteiger partial charge in [0.2, 0.25) is 0 Å². The van der Waals surface area contributed by atoms with Crippen molar-refractivity contribution in [3.63, 3.8) is 0 Å². The molecule has 1 heterocycles. The predicted molar refractivity (Wildman–Crippen MR) is 68.0 cm³/mol. The Morgan fingerprint density at radius 2 is 2.06 bits per heavy atom. The first kappa shape index (κ1) is 10.8. The molecule has 1 aromatic carbocycles. The van der Waals surface area contributed by atoms with Crippen LogP contribution >= 0.6 is 11.6 Å². The van der Waals surface area contributed by atoms with Gasteiger partial charge in [-0.3, -0.25) is 5.10 Å². The summed E-state index contributed by atoms with van der Waals surface area (Å²) in [5, 5.41) is 7.89. The van der Waals surface area contributed by atoms with E-state index < -0.39 is 0 Å². The monoisotopic (exact) mass is 247 g/mol. The third-order valence-electron chi connectivity index (χ3n) is 3.48. The van der Waals surface area contributed by atoms with Crippen LogP contribution in [-0.2, 0) is 6.42 Å². The molecule has 1 aliphatic rings. The normalized spacial score (nSPS) is 23.4. The molecular weight excluding hydrogens is 234 g/mol. The molecule has 0 radical (unpaired) electrons. The molecule has 3 nitrogen and oxygen atoms in total. The zero-order chi connectivity index (χ0) is 11.8. The number of fused-ring (bicyclic) bond motifs is 1. The average molecular weight is 248 g/mol. The van der Waals surface area contributed by atoms with E-state index in [-0.39, 0.29) is 6.04 Å². The van der Waals surface area contributed by atoms with Crippen LogP contribution in [0.25, 0.3) is 0 Å². The van der Waals surface area contributed by atoms with Gasteiger partial charge in [0.1, 0.15) is 0 Å². The van der Waals surface area contributed by atoms with Crippen molar-refractivity contribution in [3.8, 4) is 0 Å². The van der Waals surface area contributed by atoms with Gasteiger partial charge >= 0.3 is 0 Å². The maximum atomic E-state index is 6.16. The number of nitrogens with two attached hydrogens (primary N) is 1. The van der Waals surface area contributed by atoms with E-state index in [4.69, 9.17) is 17.3 Å². The fraction of sp³-hybridized carbons (Fsp3) is 0.308. The van der Waals surface area contributed by atoms with Gasteiger partial charge in [0.15, 0.2) is 0 Å². The minimum Gasteiger partial charge on any atom is -0.324 e. The number of halogens is 1. The predicted octanol–water partition coefficient (Wildman–Crippen LogP) is 2.79. The molecule has 3 rings (SSSR count). The Hall–Kier alpha value is -1.32.